The molecule has 0 aliphatic rings. The van der Waals surface area contributed by atoms with E-state index >= 15 is 0 Å². The summed E-state index contributed by atoms with van der Waals surface area (Å²) >= 11 is 4.71. The summed E-state index contributed by atoms with van der Waals surface area (Å²) in [5, 5.41) is 8.27. The van der Waals surface area contributed by atoms with E-state index in [0.717, 1.165) is 23.7 Å². The van der Waals surface area contributed by atoms with Gasteiger partial charge in [0.2, 0.25) is 5.91 Å². The summed E-state index contributed by atoms with van der Waals surface area (Å²) < 4.78 is 4.30. The smallest absolute Gasteiger partial charge is 0.262 e. The van der Waals surface area contributed by atoms with Crippen LogP contribution >= 0.6 is 27.7 Å². The summed E-state index contributed by atoms with van der Waals surface area (Å²) in [6, 6.07) is 7.41. The first-order valence-corrected chi connectivity index (χ1v) is 11.8. The Bertz CT molecular complexity index is 1090. The van der Waals surface area contributed by atoms with Gasteiger partial charge in [-0.25, -0.2) is 9.67 Å². The van der Waals surface area contributed by atoms with Crippen molar-refractivity contribution in [3.8, 4) is 0 Å². The lowest BCUT2D eigenvalue weighted by Crippen LogP contribution is -2.24. The van der Waals surface area contributed by atoms with E-state index in [1.807, 2.05) is 26.0 Å². The number of thioether (sulfide) groups is 1. The predicted octanol–water partition coefficient (Wildman–Crippen LogP) is 4.86. The minimum absolute atomic E-state index is 0.0711. The summed E-state index contributed by atoms with van der Waals surface area (Å²) in [6.45, 7) is 6.72. The number of rotatable bonds is 9. The SMILES string of the molecule is CCCCCn1c(SCC(=O)Nc2ccnn2C(C)C)nc2ccc(Br)cc2c1=O. The molecule has 0 radical (unpaired) electrons. The molecule has 0 bridgehead atoms. The topological polar surface area (TPSA) is 81.8 Å². The van der Waals surface area contributed by atoms with Gasteiger partial charge < -0.3 is 5.32 Å². The number of nitrogens with zero attached hydrogens (tertiary/aromatic N) is 4. The van der Waals surface area contributed by atoms with Crippen molar-refractivity contribution in [3.63, 3.8) is 0 Å². The van der Waals surface area contributed by atoms with E-state index in [1.54, 1.807) is 27.6 Å². The fourth-order valence-electron chi connectivity index (χ4n) is 3.13. The standard InChI is InChI=1S/C21H26BrN5O2S/c1-4-5-6-11-26-20(29)16-12-15(22)7-8-17(16)24-21(26)30-13-19(28)25-18-9-10-23-27(18)14(2)3/h7-10,12,14H,4-6,11,13H2,1-3H3,(H,25,28). The third kappa shape index (κ3) is 5.31. The Morgan fingerprint density at radius 2 is 2.07 bits per heavy atom. The monoisotopic (exact) mass is 491 g/mol. The molecule has 2 aromatic heterocycles. The summed E-state index contributed by atoms with van der Waals surface area (Å²) in [4.78, 5) is 30.3. The fraction of sp³-hybridized carbons (Fsp3) is 0.429. The highest BCUT2D eigenvalue weighted by Gasteiger charge is 2.15. The van der Waals surface area contributed by atoms with E-state index in [-0.39, 0.29) is 23.3 Å². The van der Waals surface area contributed by atoms with Gasteiger partial charge in [0.05, 0.1) is 22.9 Å². The molecule has 3 rings (SSSR count). The molecule has 1 N–H and O–H groups in total. The van der Waals surface area contributed by atoms with Crippen LogP contribution in [-0.4, -0.2) is 31.0 Å². The quantitative estimate of drug-likeness (QED) is 0.262. The van der Waals surface area contributed by atoms with Crippen molar-refractivity contribution >= 4 is 50.3 Å². The number of amides is 1. The van der Waals surface area contributed by atoms with E-state index in [4.69, 9.17) is 0 Å². The number of fused-ring (bicyclic) bond motifs is 1. The molecule has 0 spiro atoms. The minimum Gasteiger partial charge on any atom is -0.310 e. The Morgan fingerprint density at radius 1 is 1.27 bits per heavy atom. The van der Waals surface area contributed by atoms with Crippen molar-refractivity contribution in [3.05, 3.63) is 45.3 Å². The average Bonchev–Trinajstić information content (AvgIpc) is 3.17. The molecule has 30 heavy (non-hydrogen) atoms. The fourth-order valence-corrected chi connectivity index (χ4v) is 4.32. The molecule has 1 amide bonds. The molecule has 2 heterocycles. The van der Waals surface area contributed by atoms with Gasteiger partial charge in [-0.3, -0.25) is 14.2 Å². The largest absolute Gasteiger partial charge is 0.310 e. The molecule has 0 unspecified atom stereocenters. The molecule has 0 saturated heterocycles. The van der Waals surface area contributed by atoms with Crippen LogP contribution < -0.4 is 10.9 Å². The number of hydrogen-bond acceptors (Lipinski definition) is 5. The van der Waals surface area contributed by atoms with Gasteiger partial charge in [0, 0.05) is 23.1 Å². The van der Waals surface area contributed by atoms with Crippen molar-refractivity contribution < 1.29 is 4.79 Å². The van der Waals surface area contributed by atoms with E-state index in [0.29, 0.717) is 28.4 Å². The average molecular weight is 492 g/mol. The normalized spacial score (nSPS) is 11.4. The number of benzene rings is 1. The third-order valence-electron chi connectivity index (χ3n) is 4.63. The van der Waals surface area contributed by atoms with Gasteiger partial charge in [-0.15, -0.1) is 0 Å². The maximum atomic E-state index is 13.1. The maximum Gasteiger partial charge on any atom is 0.262 e. The summed E-state index contributed by atoms with van der Waals surface area (Å²) in [7, 11) is 0. The lowest BCUT2D eigenvalue weighted by Gasteiger charge is -2.14. The Kier molecular flexibility index (Phi) is 7.71. The van der Waals surface area contributed by atoms with Gasteiger partial charge in [-0.2, -0.15) is 5.10 Å². The molecule has 0 aliphatic carbocycles. The van der Waals surface area contributed by atoms with E-state index in [2.05, 4.69) is 38.3 Å². The van der Waals surface area contributed by atoms with Gasteiger partial charge in [-0.1, -0.05) is 47.5 Å². The molecule has 160 valence electrons. The van der Waals surface area contributed by atoms with Gasteiger partial charge >= 0.3 is 0 Å². The molecule has 0 fully saturated rings. The second-order valence-electron chi connectivity index (χ2n) is 7.31. The van der Waals surface area contributed by atoms with Crippen LogP contribution in [0.15, 0.2) is 44.9 Å². The molecule has 0 aliphatic heterocycles. The van der Waals surface area contributed by atoms with Gasteiger partial charge in [-0.05, 0) is 38.5 Å². The molecular formula is C21H26BrN5O2S. The summed E-state index contributed by atoms with van der Waals surface area (Å²) in [6.07, 6.45) is 4.66. The lowest BCUT2D eigenvalue weighted by atomic mass is 10.2. The zero-order valence-corrected chi connectivity index (χ0v) is 19.8. The van der Waals surface area contributed by atoms with Crippen molar-refractivity contribution in [1.82, 2.24) is 19.3 Å². The number of hydrogen-bond donors (Lipinski definition) is 1. The predicted molar refractivity (Wildman–Crippen MR) is 125 cm³/mol. The first kappa shape index (κ1) is 22.6. The second kappa shape index (κ2) is 10.3. The third-order valence-corrected chi connectivity index (χ3v) is 6.10. The number of unbranched alkanes of at least 4 members (excludes halogenated alkanes) is 2. The molecule has 0 saturated carbocycles. The highest BCUT2D eigenvalue weighted by Crippen LogP contribution is 2.22. The zero-order valence-electron chi connectivity index (χ0n) is 17.4. The van der Waals surface area contributed by atoms with Crippen LogP contribution in [0.1, 0.15) is 46.1 Å². The van der Waals surface area contributed by atoms with Crippen LogP contribution in [0.2, 0.25) is 0 Å². The van der Waals surface area contributed by atoms with Crippen molar-refractivity contribution in [2.75, 3.05) is 11.1 Å². The first-order chi connectivity index (χ1) is 14.4. The Hall–Kier alpha value is -2.13. The Morgan fingerprint density at radius 3 is 2.80 bits per heavy atom. The number of carbonyl (C=O) groups excluding carboxylic acids is 1. The van der Waals surface area contributed by atoms with Crippen molar-refractivity contribution in [2.45, 2.75) is 57.8 Å². The molecule has 3 aromatic rings. The first-order valence-electron chi connectivity index (χ1n) is 10.1. The second-order valence-corrected chi connectivity index (χ2v) is 9.17. The van der Waals surface area contributed by atoms with Crippen LogP contribution in [0.25, 0.3) is 10.9 Å². The van der Waals surface area contributed by atoms with Crippen molar-refractivity contribution in [2.24, 2.45) is 0 Å². The van der Waals surface area contributed by atoms with Crippen molar-refractivity contribution in [1.29, 1.82) is 0 Å². The zero-order chi connectivity index (χ0) is 21.7. The summed E-state index contributed by atoms with van der Waals surface area (Å²) in [5.74, 6) is 0.658. The number of nitrogens with one attached hydrogen (secondary N) is 1. The minimum atomic E-state index is -0.160. The lowest BCUT2D eigenvalue weighted by molar-refractivity contribution is -0.113. The molecule has 7 nitrogen and oxygen atoms in total. The van der Waals surface area contributed by atoms with Crippen LogP contribution in [0.3, 0.4) is 0 Å². The van der Waals surface area contributed by atoms with Crippen LogP contribution in [0, 0.1) is 0 Å². The highest BCUT2D eigenvalue weighted by atomic mass is 79.9. The molecule has 0 atom stereocenters. The Balaban J connectivity index is 1.82. The highest BCUT2D eigenvalue weighted by molar-refractivity contribution is 9.10. The summed E-state index contributed by atoms with van der Waals surface area (Å²) in [5.41, 5.74) is 0.564. The van der Waals surface area contributed by atoms with Crippen LogP contribution in [-0.2, 0) is 11.3 Å². The number of halogens is 1. The Labute approximate surface area is 188 Å². The molecular weight excluding hydrogens is 466 g/mol. The van der Waals surface area contributed by atoms with Crippen LogP contribution in [0.4, 0.5) is 5.82 Å². The molecule has 1 aromatic carbocycles. The van der Waals surface area contributed by atoms with Gasteiger partial charge in [0.15, 0.2) is 5.16 Å². The molecule has 9 heteroatoms. The maximum absolute atomic E-state index is 13.1. The number of aromatic nitrogens is 4. The van der Waals surface area contributed by atoms with E-state index in [1.165, 1.54) is 11.8 Å². The van der Waals surface area contributed by atoms with Gasteiger partial charge in [0.1, 0.15) is 5.82 Å². The van der Waals surface area contributed by atoms with E-state index < -0.39 is 0 Å². The van der Waals surface area contributed by atoms with Crippen LogP contribution in [0.5, 0.6) is 0 Å². The number of carbonyl (C=O) groups is 1. The van der Waals surface area contributed by atoms with E-state index in [9.17, 15) is 9.59 Å². The van der Waals surface area contributed by atoms with Gasteiger partial charge in [0.25, 0.3) is 5.56 Å². The number of anilines is 1.